The first-order valence-electron chi connectivity index (χ1n) is 3.92. The van der Waals surface area contributed by atoms with Crippen molar-refractivity contribution in [2.24, 2.45) is 0 Å². The van der Waals surface area contributed by atoms with E-state index in [1.807, 2.05) is 0 Å². The Morgan fingerprint density at radius 1 is 1.60 bits per heavy atom. The summed E-state index contributed by atoms with van der Waals surface area (Å²) in [5.41, 5.74) is -0.708. The number of alkyl halides is 1. The molecule has 0 aromatic heterocycles. The molecule has 76 valence electrons. The zero-order chi connectivity index (χ0) is 11.4. The van der Waals surface area contributed by atoms with Gasteiger partial charge in [0.1, 0.15) is 11.9 Å². The number of carbonyl (C=O) groups excluding carboxylic acids is 2. The second kappa shape index (κ2) is 4.67. The fourth-order valence-electron chi connectivity index (χ4n) is 1.15. The van der Waals surface area contributed by atoms with Crippen LogP contribution >= 0.6 is 11.6 Å². The number of hydrogen-bond acceptors (Lipinski definition) is 3. The van der Waals surface area contributed by atoms with E-state index in [1.165, 1.54) is 0 Å². The summed E-state index contributed by atoms with van der Waals surface area (Å²) in [5, 5.41) is 8.73. The SMILES string of the molecule is N#Cc1c(C=O)ccc(F)c1C(=O)CCl. The smallest absolute Gasteiger partial charge is 0.181 e. The van der Waals surface area contributed by atoms with Crippen LogP contribution in [0.1, 0.15) is 26.3 Å². The molecule has 0 amide bonds. The van der Waals surface area contributed by atoms with Crippen LogP contribution in [-0.4, -0.2) is 17.9 Å². The minimum absolute atomic E-state index is 0.0210. The Labute approximate surface area is 90.1 Å². The van der Waals surface area contributed by atoms with Crippen LogP contribution in [0.25, 0.3) is 0 Å². The number of rotatable bonds is 3. The van der Waals surface area contributed by atoms with Gasteiger partial charge in [0.25, 0.3) is 0 Å². The second-order valence-corrected chi connectivity index (χ2v) is 2.94. The van der Waals surface area contributed by atoms with E-state index in [1.54, 1.807) is 6.07 Å². The molecule has 0 aliphatic carbocycles. The summed E-state index contributed by atoms with van der Waals surface area (Å²) >= 11 is 5.27. The van der Waals surface area contributed by atoms with Gasteiger partial charge in [0, 0.05) is 5.56 Å². The fraction of sp³-hybridized carbons (Fsp3) is 0.100. The molecule has 0 aliphatic rings. The number of hydrogen-bond donors (Lipinski definition) is 0. The van der Waals surface area contributed by atoms with Crippen molar-refractivity contribution >= 4 is 23.7 Å². The van der Waals surface area contributed by atoms with Crippen molar-refractivity contribution < 1.29 is 14.0 Å². The number of carbonyl (C=O) groups is 2. The number of halogens is 2. The van der Waals surface area contributed by atoms with Gasteiger partial charge in [-0.05, 0) is 12.1 Å². The average molecular weight is 226 g/mol. The van der Waals surface area contributed by atoms with Gasteiger partial charge in [-0.3, -0.25) is 9.59 Å². The lowest BCUT2D eigenvalue weighted by atomic mass is 9.99. The molecule has 0 fully saturated rings. The van der Waals surface area contributed by atoms with Gasteiger partial charge in [0.05, 0.1) is 17.0 Å². The highest BCUT2D eigenvalue weighted by atomic mass is 35.5. The zero-order valence-electron chi connectivity index (χ0n) is 7.46. The summed E-state index contributed by atoms with van der Waals surface area (Å²) in [6, 6.07) is 3.73. The molecule has 0 heterocycles. The lowest BCUT2D eigenvalue weighted by Crippen LogP contribution is -2.09. The molecule has 0 saturated heterocycles. The third kappa shape index (κ3) is 2.03. The zero-order valence-corrected chi connectivity index (χ0v) is 8.21. The van der Waals surface area contributed by atoms with E-state index in [9.17, 15) is 14.0 Å². The molecule has 3 nitrogen and oxygen atoms in total. The molecule has 0 bridgehead atoms. The topological polar surface area (TPSA) is 57.9 Å². The molecule has 0 radical (unpaired) electrons. The molecule has 1 rings (SSSR count). The summed E-state index contributed by atoms with van der Waals surface area (Å²) in [6.07, 6.45) is 0.392. The highest BCUT2D eigenvalue weighted by molar-refractivity contribution is 6.30. The van der Waals surface area contributed by atoms with Gasteiger partial charge in [-0.15, -0.1) is 11.6 Å². The third-order valence-electron chi connectivity index (χ3n) is 1.83. The molecule has 5 heteroatoms. The van der Waals surface area contributed by atoms with Gasteiger partial charge < -0.3 is 0 Å². The maximum Gasteiger partial charge on any atom is 0.181 e. The first-order valence-corrected chi connectivity index (χ1v) is 4.46. The van der Waals surface area contributed by atoms with Crippen molar-refractivity contribution in [3.63, 3.8) is 0 Å². The summed E-state index contributed by atoms with van der Waals surface area (Å²) in [4.78, 5) is 21.8. The van der Waals surface area contributed by atoms with E-state index in [2.05, 4.69) is 0 Å². The normalized spacial score (nSPS) is 9.40. The van der Waals surface area contributed by atoms with E-state index >= 15 is 0 Å². The van der Waals surface area contributed by atoms with Crippen LogP contribution in [-0.2, 0) is 0 Å². The van der Waals surface area contributed by atoms with Crippen molar-refractivity contribution in [3.8, 4) is 6.07 Å². The van der Waals surface area contributed by atoms with Crippen LogP contribution in [0.5, 0.6) is 0 Å². The molecule has 1 aromatic carbocycles. The Morgan fingerprint density at radius 2 is 2.27 bits per heavy atom. The molecule has 0 saturated carbocycles. The van der Waals surface area contributed by atoms with Crippen LogP contribution in [0.15, 0.2) is 12.1 Å². The van der Waals surface area contributed by atoms with E-state index in [4.69, 9.17) is 16.9 Å². The molecule has 0 spiro atoms. The van der Waals surface area contributed by atoms with Crippen molar-refractivity contribution in [2.45, 2.75) is 0 Å². The number of benzene rings is 1. The highest BCUT2D eigenvalue weighted by Crippen LogP contribution is 2.17. The van der Waals surface area contributed by atoms with Gasteiger partial charge >= 0.3 is 0 Å². The first-order chi connectivity index (χ1) is 7.15. The number of nitrogens with zero attached hydrogens (tertiary/aromatic N) is 1. The fourth-order valence-corrected chi connectivity index (χ4v) is 1.29. The third-order valence-corrected chi connectivity index (χ3v) is 2.07. The predicted octanol–water partition coefficient (Wildman–Crippen LogP) is 1.93. The van der Waals surface area contributed by atoms with Gasteiger partial charge in [-0.2, -0.15) is 5.26 Å². The van der Waals surface area contributed by atoms with E-state index in [0.29, 0.717) is 6.29 Å². The Kier molecular flexibility index (Phi) is 3.53. The molecule has 0 N–H and O–H groups in total. The predicted molar refractivity (Wildman–Crippen MR) is 51.6 cm³/mol. The van der Waals surface area contributed by atoms with Gasteiger partial charge in [0.2, 0.25) is 0 Å². The summed E-state index contributed by atoms with van der Waals surface area (Å²) in [5.74, 6) is -1.99. The second-order valence-electron chi connectivity index (χ2n) is 2.67. The molecule has 0 atom stereocenters. The minimum atomic E-state index is -0.845. The number of nitriles is 1. The number of ketones is 1. The molecule has 0 aliphatic heterocycles. The molecule has 0 unspecified atom stereocenters. The number of Topliss-reactive ketones (excluding diaryl/α,β-unsaturated/α-hetero) is 1. The Morgan fingerprint density at radius 3 is 2.73 bits per heavy atom. The summed E-state index contributed by atoms with van der Waals surface area (Å²) in [7, 11) is 0. The first kappa shape index (κ1) is 11.3. The van der Waals surface area contributed by atoms with Crippen LogP contribution in [0.4, 0.5) is 4.39 Å². The van der Waals surface area contributed by atoms with Gasteiger partial charge in [-0.1, -0.05) is 0 Å². The van der Waals surface area contributed by atoms with Crippen molar-refractivity contribution in [2.75, 3.05) is 5.88 Å². The summed E-state index contributed by atoms with van der Waals surface area (Å²) < 4.78 is 13.2. The monoisotopic (exact) mass is 225 g/mol. The average Bonchev–Trinajstić information content (AvgIpc) is 2.27. The van der Waals surface area contributed by atoms with Crippen molar-refractivity contribution in [3.05, 3.63) is 34.6 Å². The summed E-state index contributed by atoms with van der Waals surface area (Å²) in [6.45, 7) is 0. The largest absolute Gasteiger partial charge is 0.298 e. The quantitative estimate of drug-likeness (QED) is 0.449. The van der Waals surface area contributed by atoms with Crippen LogP contribution in [0.3, 0.4) is 0 Å². The van der Waals surface area contributed by atoms with Gasteiger partial charge in [-0.25, -0.2) is 4.39 Å². The Bertz CT molecular complexity index is 465. The molecule has 1 aromatic rings. The Balaban J connectivity index is 3.54. The maximum absolute atomic E-state index is 13.2. The minimum Gasteiger partial charge on any atom is -0.298 e. The van der Waals surface area contributed by atoms with Crippen LogP contribution in [0.2, 0.25) is 0 Å². The Hall–Kier alpha value is -1.73. The van der Waals surface area contributed by atoms with Crippen LogP contribution in [0, 0.1) is 17.1 Å². The van der Waals surface area contributed by atoms with Crippen LogP contribution < -0.4 is 0 Å². The maximum atomic E-state index is 13.2. The van der Waals surface area contributed by atoms with Crippen molar-refractivity contribution in [1.29, 1.82) is 5.26 Å². The number of aldehydes is 1. The van der Waals surface area contributed by atoms with Crippen molar-refractivity contribution in [1.82, 2.24) is 0 Å². The van der Waals surface area contributed by atoms with E-state index in [-0.39, 0.29) is 11.1 Å². The van der Waals surface area contributed by atoms with Gasteiger partial charge in [0.15, 0.2) is 12.1 Å². The molecular formula is C10H5ClFNO2. The lowest BCUT2D eigenvalue weighted by Gasteiger charge is -2.04. The van der Waals surface area contributed by atoms with E-state index < -0.39 is 23.0 Å². The molecule has 15 heavy (non-hydrogen) atoms. The lowest BCUT2D eigenvalue weighted by molar-refractivity contribution is 0.101. The highest BCUT2D eigenvalue weighted by Gasteiger charge is 2.18. The standard InChI is InChI=1S/C10H5ClFNO2/c11-3-9(15)10-7(4-13)6(5-14)1-2-8(10)12/h1-2,5H,3H2. The molecular weight excluding hydrogens is 221 g/mol. The van der Waals surface area contributed by atoms with E-state index in [0.717, 1.165) is 12.1 Å².